The molecule has 12 nitrogen and oxygen atoms in total. The SMILES string of the molecule is O=C(O)CCOCCOCCOCCOCCOCCOCCNCCCN1C(=O)C=CC1=O. The van der Waals surface area contributed by atoms with Crippen molar-refractivity contribution in [2.24, 2.45) is 0 Å². The molecule has 0 spiro atoms. The molecule has 1 aliphatic rings. The van der Waals surface area contributed by atoms with Gasteiger partial charge in [0.05, 0.1) is 85.7 Å². The zero-order chi connectivity index (χ0) is 24.7. The lowest BCUT2D eigenvalue weighted by Gasteiger charge is -2.13. The summed E-state index contributed by atoms with van der Waals surface area (Å²) in [6, 6.07) is 0. The smallest absolute Gasteiger partial charge is 0.305 e. The van der Waals surface area contributed by atoms with Crippen LogP contribution in [0.5, 0.6) is 0 Å². The van der Waals surface area contributed by atoms with Gasteiger partial charge < -0.3 is 38.8 Å². The summed E-state index contributed by atoms with van der Waals surface area (Å²) >= 11 is 0. The largest absolute Gasteiger partial charge is 0.481 e. The molecule has 1 aliphatic heterocycles. The Labute approximate surface area is 200 Å². The number of imide groups is 1. The lowest BCUT2D eigenvalue weighted by atomic mass is 10.4. The van der Waals surface area contributed by atoms with Gasteiger partial charge in [0.2, 0.25) is 0 Å². The number of amides is 2. The Bertz CT molecular complexity index is 570. The van der Waals surface area contributed by atoms with Gasteiger partial charge >= 0.3 is 5.97 Å². The maximum absolute atomic E-state index is 11.4. The molecular weight excluding hydrogens is 452 g/mol. The number of hydrogen-bond acceptors (Lipinski definition) is 10. The summed E-state index contributed by atoms with van der Waals surface area (Å²) in [6.45, 7) is 7.12. The third kappa shape index (κ3) is 17.5. The Kier molecular flexibility index (Phi) is 19.1. The number of rotatable bonds is 25. The minimum absolute atomic E-state index is 0.00422. The van der Waals surface area contributed by atoms with Crippen molar-refractivity contribution in [1.29, 1.82) is 0 Å². The molecule has 0 aromatic carbocycles. The molecule has 0 saturated heterocycles. The van der Waals surface area contributed by atoms with Gasteiger partial charge in [0, 0.05) is 25.2 Å². The molecular formula is C22H38N2O10. The monoisotopic (exact) mass is 490 g/mol. The van der Waals surface area contributed by atoms with Crippen LogP contribution in [0.4, 0.5) is 0 Å². The van der Waals surface area contributed by atoms with E-state index in [0.29, 0.717) is 98.7 Å². The lowest BCUT2D eigenvalue weighted by molar-refractivity contribution is -0.139. The van der Waals surface area contributed by atoms with E-state index in [4.69, 9.17) is 33.5 Å². The molecule has 12 heteroatoms. The van der Waals surface area contributed by atoms with E-state index in [1.165, 1.54) is 17.1 Å². The molecule has 0 unspecified atom stereocenters. The molecule has 0 radical (unpaired) electrons. The highest BCUT2D eigenvalue weighted by atomic mass is 16.6. The molecule has 2 amide bonds. The lowest BCUT2D eigenvalue weighted by Crippen LogP contribution is -2.33. The molecule has 34 heavy (non-hydrogen) atoms. The van der Waals surface area contributed by atoms with Crippen molar-refractivity contribution in [3.05, 3.63) is 12.2 Å². The van der Waals surface area contributed by atoms with E-state index in [0.717, 1.165) is 0 Å². The van der Waals surface area contributed by atoms with Crippen molar-refractivity contribution in [3.63, 3.8) is 0 Å². The van der Waals surface area contributed by atoms with Crippen molar-refractivity contribution < 1.29 is 47.9 Å². The van der Waals surface area contributed by atoms with Crippen LogP contribution < -0.4 is 5.32 Å². The topological polar surface area (TPSA) is 142 Å². The second-order valence-electron chi connectivity index (χ2n) is 7.08. The summed E-state index contributed by atoms with van der Waals surface area (Å²) in [7, 11) is 0. The maximum atomic E-state index is 11.4. The third-order valence-corrected chi connectivity index (χ3v) is 4.38. The first-order valence-corrected chi connectivity index (χ1v) is 11.5. The van der Waals surface area contributed by atoms with Crippen LogP contribution in [0.15, 0.2) is 12.2 Å². The molecule has 0 fully saturated rings. The molecule has 0 saturated carbocycles. The minimum Gasteiger partial charge on any atom is -0.481 e. The van der Waals surface area contributed by atoms with Crippen LogP contribution in [-0.2, 0) is 42.8 Å². The molecule has 1 rings (SSSR count). The van der Waals surface area contributed by atoms with E-state index in [1.807, 2.05) is 0 Å². The number of nitrogens with zero attached hydrogens (tertiary/aromatic N) is 1. The predicted octanol–water partition coefficient (Wildman–Crippen LogP) is -0.535. The molecule has 0 aliphatic carbocycles. The summed E-state index contributed by atoms with van der Waals surface area (Å²) in [4.78, 5) is 34.3. The Balaban J connectivity index is 1.67. The maximum Gasteiger partial charge on any atom is 0.305 e. The first-order chi connectivity index (χ1) is 16.6. The first kappa shape index (κ1) is 30.1. The van der Waals surface area contributed by atoms with Crippen LogP contribution >= 0.6 is 0 Å². The van der Waals surface area contributed by atoms with Crippen LogP contribution in [0.1, 0.15) is 12.8 Å². The number of carboxylic acid groups (broad SMARTS) is 1. The van der Waals surface area contributed by atoms with E-state index in [1.54, 1.807) is 0 Å². The Hall–Kier alpha value is -1.93. The van der Waals surface area contributed by atoms with Gasteiger partial charge in [0.1, 0.15) is 0 Å². The van der Waals surface area contributed by atoms with Crippen molar-refractivity contribution >= 4 is 17.8 Å². The molecule has 196 valence electrons. The Morgan fingerprint density at radius 2 is 1.09 bits per heavy atom. The summed E-state index contributed by atoms with van der Waals surface area (Å²) in [5.74, 6) is -1.37. The van der Waals surface area contributed by atoms with Gasteiger partial charge in [-0.15, -0.1) is 0 Å². The van der Waals surface area contributed by atoms with Gasteiger partial charge in [-0.05, 0) is 13.0 Å². The second kappa shape index (κ2) is 21.6. The Morgan fingerprint density at radius 3 is 1.53 bits per heavy atom. The molecule has 2 N–H and O–H groups in total. The third-order valence-electron chi connectivity index (χ3n) is 4.38. The van der Waals surface area contributed by atoms with Gasteiger partial charge in [-0.1, -0.05) is 0 Å². The number of carbonyl (C=O) groups excluding carboxylic acids is 2. The normalized spacial score (nSPS) is 13.4. The molecule has 0 bridgehead atoms. The van der Waals surface area contributed by atoms with Gasteiger partial charge in [-0.3, -0.25) is 19.3 Å². The summed E-state index contributed by atoms with van der Waals surface area (Å²) in [5, 5.41) is 11.7. The fourth-order valence-corrected chi connectivity index (χ4v) is 2.64. The highest BCUT2D eigenvalue weighted by molar-refractivity contribution is 6.12. The second-order valence-corrected chi connectivity index (χ2v) is 7.08. The van der Waals surface area contributed by atoms with Gasteiger partial charge in [0.25, 0.3) is 11.8 Å². The fraction of sp³-hybridized carbons (Fsp3) is 0.773. The molecule has 0 atom stereocenters. The van der Waals surface area contributed by atoms with E-state index in [-0.39, 0.29) is 24.8 Å². The molecule has 0 aromatic rings. The number of nitrogens with one attached hydrogen (secondary N) is 1. The van der Waals surface area contributed by atoms with Crippen LogP contribution in [0.3, 0.4) is 0 Å². The van der Waals surface area contributed by atoms with Crippen molar-refractivity contribution in [1.82, 2.24) is 10.2 Å². The van der Waals surface area contributed by atoms with Crippen LogP contribution in [-0.4, -0.2) is 127 Å². The Morgan fingerprint density at radius 1 is 0.676 bits per heavy atom. The molecule has 0 aromatic heterocycles. The van der Waals surface area contributed by atoms with E-state index in [9.17, 15) is 14.4 Å². The van der Waals surface area contributed by atoms with Crippen molar-refractivity contribution in [2.45, 2.75) is 12.8 Å². The summed E-state index contributed by atoms with van der Waals surface area (Å²) < 4.78 is 32.0. The first-order valence-electron chi connectivity index (χ1n) is 11.5. The number of aliphatic carboxylic acids is 1. The zero-order valence-corrected chi connectivity index (χ0v) is 19.7. The van der Waals surface area contributed by atoms with Gasteiger partial charge in [0.15, 0.2) is 0 Å². The van der Waals surface area contributed by atoms with Crippen LogP contribution in [0, 0.1) is 0 Å². The van der Waals surface area contributed by atoms with Crippen LogP contribution in [0.2, 0.25) is 0 Å². The van der Waals surface area contributed by atoms with Crippen LogP contribution in [0.25, 0.3) is 0 Å². The van der Waals surface area contributed by atoms with Gasteiger partial charge in [-0.25, -0.2) is 0 Å². The predicted molar refractivity (Wildman–Crippen MR) is 121 cm³/mol. The highest BCUT2D eigenvalue weighted by Crippen LogP contribution is 2.03. The van der Waals surface area contributed by atoms with E-state index >= 15 is 0 Å². The number of ether oxygens (including phenoxy) is 6. The summed E-state index contributed by atoms with van der Waals surface area (Å²) in [6.07, 6.45) is 3.28. The van der Waals surface area contributed by atoms with E-state index in [2.05, 4.69) is 5.32 Å². The van der Waals surface area contributed by atoms with Crippen molar-refractivity contribution in [2.75, 3.05) is 98.9 Å². The molecule has 1 heterocycles. The minimum atomic E-state index is -0.877. The van der Waals surface area contributed by atoms with Crippen molar-refractivity contribution in [3.8, 4) is 0 Å². The average molecular weight is 491 g/mol. The quantitative estimate of drug-likeness (QED) is 0.126. The summed E-state index contributed by atoms with van der Waals surface area (Å²) in [5.41, 5.74) is 0. The average Bonchev–Trinajstić information content (AvgIpc) is 3.13. The zero-order valence-electron chi connectivity index (χ0n) is 19.7. The number of carbonyl (C=O) groups is 3. The highest BCUT2D eigenvalue weighted by Gasteiger charge is 2.22. The fourth-order valence-electron chi connectivity index (χ4n) is 2.64. The number of hydrogen-bond donors (Lipinski definition) is 2. The standard InChI is InChI=1S/C22H38N2O10/c25-20-2-3-21(26)24(20)7-1-5-23-6-9-30-11-13-32-15-17-34-19-18-33-16-14-31-12-10-29-8-4-22(27)28/h2-3,23H,1,4-19H2,(H,27,28). The number of carboxylic acids is 1. The van der Waals surface area contributed by atoms with E-state index < -0.39 is 5.97 Å². The van der Waals surface area contributed by atoms with Gasteiger partial charge in [-0.2, -0.15) is 0 Å².